The molecule has 0 atom stereocenters. The van der Waals surface area contributed by atoms with E-state index in [0.29, 0.717) is 6.54 Å². The lowest BCUT2D eigenvalue weighted by atomic mass is 10.1. The maximum Gasteiger partial charge on any atom is 0.0434 e. The monoisotopic (exact) mass is 324 g/mol. The predicted octanol–water partition coefficient (Wildman–Crippen LogP) is 3.65. The van der Waals surface area contributed by atoms with Crippen molar-refractivity contribution in [2.75, 3.05) is 18.5 Å². The molecule has 0 saturated heterocycles. The molecule has 2 nitrogen and oxygen atoms in total. The quantitative estimate of drug-likeness (QED) is 0.909. The van der Waals surface area contributed by atoms with Gasteiger partial charge < -0.3 is 10.6 Å². The molecule has 0 fully saturated rings. The Hall–Kier alpha value is -0.840. The van der Waals surface area contributed by atoms with Crippen LogP contribution in [-0.2, 0) is 13.0 Å². The van der Waals surface area contributed by atoms with Crippen LogP contribution in [0.5, 0.6) is 0 Å². The maximum atomic E-state index is 5.68. The van der Waals surface area contributed by atoms with E-state index in [1.54, 1.807) is 11.3 Å². The zero-order chi connectivity index (χ0) is 13.0. The minimum Gasteiger partial charge on any atom is -0.370 e. The van der Waals surface area contributed by atoms with Gasteiger partial charge in [0.05, 0.1) is 0 Å². The lowest BCUT2D eigenvalue weighted by Crippen LogP contribution is -2.18. The van der Waals surface area contributed by atoms with Gasteiger partial charge in [0, 0.05) is 23.8 Å². The van der Waals surface area contributed by atoms with Crippen LogP contribution in [0.15, 0.2) is 39.5 Å². The van der Waals surface area contributed by atoms with Gasteiger partial charge in [-0.2, -0.15) is 11.3 Å². The van der Waals surface area contributed by atoms with Crippen LogP contribution in [0.2, 0.25) is 0 Å². The Morgan fingerprint density at radius 3 is 2.83 bits per heavy atom. The standard InChI is InChI=1S/C14H17BrN2S/c1-17(9-11-5-7-18-10-11)14-8-13(15)3-2-12(14)4-6-16/h2-3,5,7-8,10H,4,6,9,16H2,1H3. The summed E-state index contributed by atoms with van der Waals surface area (Å²) >= 11 is 5.28. The number of thiophene rings is 1. The van der Waals surface area contributed by atoms with Crippen molar-refractivity contribution in [3.8, 4) is 0 Å². The Labute approximate surface area is 121 Å². The lowest BCUT2D eigenvalue weighted by molar-refractivity contribution is 0.894. The molecule has 2 rings (SSSR count). The fourth-order valence-electron chi connectivity index (χ4n) is 2.00. The zero-order valence-electron chi connectivity index (χ0n) is 10.4. The van der Waals surface area contributed by atoms with Crippen LogP contribution in [0.25, 0.3) is 0 Å². The summed E-state index contributed by atoms with van der Waals surface area (Å²) in [5.41, 5.74) is 9.58. The van der Waals surface area contributed by atoms with Gasteiger partial charge >= 0.3 is 0 Å². The smallest absolute Gasteiger partial charge is 0.0434 e. The van der Waals surface area contributed by atoms with Crippen molar-refractivity contribution in [3.63, 3.8) is 0 Å². The van der Waals surface area contributed by atoms with Crippen LogP contribution < -0.4 is 10.6 Å². The average Bonchev–Trinajstić information content (AvgIpc) is 2.84. The number of hydrogen-bond donors (Lipinski definition) is 1. The number of benzene rings is 1. The Balaban J connectivity index is 2.22. The number of halogens is 1. The van der Waals surface area contributed by atoms with Crippen LogP contribution in [0.4, 0.5) is 5.69 Å². The molecule has 0 radical (unpaired) electrons. The maximum absolute atomic E-state index is 5.68. The van der Waals surface area contributed by atoms with E-state index in [-0.39, 0.29) is 0 Å². The third-order valence-corrected chi connectivity index (χ3v) is 4.10. The van der Waals surface area contributed by atoms with Crippen molar-refractivity contribution in [3.05, 3.63) is 50.6 Å². The molecule has 0 aliphatic rings. The number of nitrogens with two attached hydrogens (primary N) is 1. The fourth-order valence-corrected chi connectivity index (χ4v) is 3.01. The Morgan fingerprint density at radius 2 is 2.17 bits per heavy atom. The van der Waals surface area contributed by atoms with E-state index in [4.69, 9.17) is 5.73 Å². The molecule has 4 heteroatoms. The average molecular weight is 325 g/mol. The number of rotatable bonds is 5. The molecular formula is C14H17BrN2S. The van der Waals surface area contributed by atoms with E-state index in [2.05, 4.69) is 62.9 Å². The second-order valence-corrected chi connectivity index (χ2v) is 6.00. The number of anilines is 1. The van der Waals surface area contributed by atoms with Crippen LogP contribution in [0.3, 0.4) is 0 Å². The summed E-state index contributed by atoms with van der Waals surface area (Å²) in [5.74, 6) is 0. The first kappa shape index (κ1) is 13.6. The van der Waals surface area contributed by atoms with Crippen LogP contribution >= 0.6 is 27.3 Å². The SMILES string of the molecule is CN(Cc1ccsc1)c1cc(Br)ccc1CCN. The van der Waals surface area contributed by atoms with E-state index in [0.717, 1.165) is 17.4 Å². The topological polar surface area (TPSA) is 29.3 Å². The molecule has 18 heavy (non-hydrogen) atoms. The Bertz CT molecular complexity index is 497. The highest BCUT2D eigenvalue weighted by Gasteiger charge is 2.08. The van der Waals surface area contributed by atoms with E-state index in [1.165, 1.54) is 16.8 Å². The molecule has 96 valence electrons. The van der Waals surface area contributed by atoms with Gasteiger partial charge in [0.25, 0.3) is 0 Å². The summed E-state index contributed by atoms with van der Waals surface area (Å²) in [7, 11) is 2.12. The molecule has 0 spiro atoms. The summed E-state index contributed by atoms with van der Waals surface area (Å²) in [6, 6.07) is 8.56. The van der Waals surface area contributed by atoms with Gasteiger partial charge in [-0.3, -0.25) is 0 Å². The van der Waals surface area contributed by atoms with E-state index in [9.17, 15) is 0 Å². The molecule has 1 heterocycles. The minimum atomic E-state index is 0.681. The third kappa shape index (κ3) is 3.34. The van der Waals surface area contributed by atoms with Gasteiger partial charge in [0.2, 0.25) is 0 Å². The van der Waals surface area contributed by atoms with Crippen molar-refractivity contribution in [1.82, 2.24) is 0 Å². The minimum absolute atomic E-state index is 0.681. The highest BCUT2D eigenvalue weighted by Crippen LogP contribution is 2.26. The highest BCUT2D eigenvalue weighted by molar-refractivity contribution is 9.10. The summed E-state index contributed by atoms with van der Waals surface area (Å²) in [5, 5.41) is 4.31. The molecule has 0 aliphatic heterocycles. The second kappa shape index (κ2) is 6.36. The molecule has 0 bridgehead atoms. The summed E-state index contributed by atoms with van der Waals surface area (Å²) < 4.78 is 1.11. The van der Waals surface area contributed by atoms with Gasteiger partial charge in [-0.25, -0.2) is 0 Å². The van der Waals surface area contributed by atoms with Crippen molar-refractivity contribution < 1.29 is 0 Å². The summed E-state index contributed by atoms with van der Waals surface area (Å²) in [4.78, 5) is 2.28. The Kier molecular flexibility index (Phi) is 4.80. The van der Waals surface area contributed by atoms with Gasteiger partial charge in [0.1, 0.15) is 0 Å². The van der Waals surface area contributed by atoms with Crippen LogP contribution in [-0.4, -0.2) is 13.6 Å². The first-order chi connectivity index (χ1) is 8.70. The van der Waals surface area contributed by atoms with E-state index < -0.39 is 0 Å². The molecule has 0 aliphatic carbocycles. The third-order valence-electron chi connectivity index (χ3n) is 2.87. The predicted molar refractivity (Wildman–Crippen MR) is 83.3 cm³/mol. The van der Waals surface area contributed by atoms with Crippen molar-refractivity contribution >= 4 is 33.0 Å². The fraction of sp³-hybridized carbons (Fsp3) is 0.286. The largest absolute Gasteiger partial charge is 0.370 e. The normalized spacial score (nSPS) is 10.6. The van der Waals surface area contributed by atoms with Crippen molar-refractivity contribution in [2.45, 2.75) is 13.0 Å². The molecule has 1 aromatic carbocycles. The van der Waals surface area contributed by atoms with Gasteiger partial charge in [-0.15, -0.1) is 0 Å². The lowest BCUT2D eigenvalue weighted by Gasteiger charge is -2.22. The zero-order valence-corrected chi connectivity index (χ0v) is 12.8. The van der Waals surface area contributed by atoms with E-state index in [1.807, 2.05) is 0 Å². The van der Waals surface area contributed by atoms with Gasteiger partial charge in [-0.05, 0) is 53.1 Å². The molecule has 2 N–H and O–H groups in total. The number of nitrogens with zero attached hydrogens (tertiary/aromatic N) is 1. The number of hydrogen-bond acceptors (Lipinski definition) is 3. The molecule has 0 unspecified atom stereocenters. The van der Waals surface area contributed by atoms with Gasteiger partial charge in [-0.1, -0.05) is 22.0 Å². The molecule has 0 saturated carbocycles. The molecule has 1 aromatic heterocycles. The van der Waals surface area contributed by atoms with Crippen molar-refractivity contribution in [1.29, 1.82) is 0 Å². The summed E-state index contributed by atoms with van der Waals surface area (Å²) in [6.45, 7) is 1.61. The van der Waals surface area contributed by atoms with Crippen molar-refractivity contribution in [2.24, 2.45) is 5.73 Å². The van der Waals surface area contributed by atoms with E-state index >= 15 is 0 Å². The van der Waals surface area contributed by atoms with Gasteiger partial charge in [0.15, 0.2) is 0 Å². The molecule has 0 amide bonds. The van der Waals surface area contributed by atoms with Crippen LogP contribution in [0, 0.1) is 0 Å². The molecular weight excluding hydrogens is 308 g/mol. The molecule has 2 aromatic rings. The summed E-state index contributed by atoms with van der Waals surface area (Å²) in [6.07, 6.45) is 0.913. The highest BCUT2D eigenvalue weighted by atomic mass is 79.9. The van der Waals surface area contributed by atoms with Crippen LogP contribution in [0.1, 0.15) is 11.1 Å². The second-order valence-electron chi connectivity index (χ2n) is 4.30. The Morgan fingerprint density at radius 1 is 1.33 bits per heavy atom. The first-order valence-electron chi connectivity index (χ1n) is 5.91. The first-order valence-corrected chi connectivity index (χ1v) is 7.65.